The predicted molar refractivity (Wildman–Crippen MR) is 81.9 cm³/mol. The van der Waals surface area contributed by atoms with Crippen LogP contribution in [0, 0.1) is 5.41 Å². The van der Waals surface area contributed by atoms with E-state index in [1.165, 1.54) is 12.8 Å². The van der Waals surface area contributed by atoms with Crippen LogP contribution >= 0.6 is 0 Å². The molecule has 0 spiro atoms. The largest absolute Gasteiger partial charge is 0.386 e. The van der Waals surface area contributed by atoms with E-state index < -0.39 is 0 Å². The first-order valence-electron chi connectivity index (χ1n) is 7.33. The monoisotopic (exact) mass is 275 g/mol. The summed E-state index contributed by atoms with van der Waals surface area (Å²) in [6.07, 6.45) is 7.93. The van der Waals surface area contributed by atoms with Gasteiger partial charge < -0.3 is 10.2 Å². The molecule has 0 bridgehead atoms. The van der Waals surface area contributed by atoms with Gasteiger partial charge in [-0.15, -0.1) is 0 Å². The molecule has 1 heterocycles. The quantitative estimate of drug-likeness (QED) is 0.921. The average molecular weight is 275 g/mol. The fourth-order valence-corrected chi connectivity index (χ4v) is 2.91. The lowest BCUT2D eigenvalue weighted by molar-refractivity contribution is 0.0636. The summed E-state index contributed by atoms with van der Waals surface area (Å²) in [5.41, 5.74) is 1.92. The van der Waals surface area contributed by atoms with E-state index in [4.69, 9.17) is 0 Å². The third kappa shape index (κ3) is 3.11. The van der Waals surface area contributed by atoms with Crippen molar-refractivity contribution in [1.82, 2.24) is 9.88 Å². The van der Waals surface area contributed by atoms with Gasteiger partial charge in [-0.3, -0.25) is 9.78 Å². The summed E-state index contributed by atoms with van der Waals surface area (Å²) in [4.78, 5) is 18.6. The van der Waals surface area contributed by atoms with E-state index in [0.29, 0.717) is 17.0 Å². The summed E-state index contributed by atoms with van der Waals surface area (Å²) in [6.45, 7) is 4.63. The summed E-state index contributed by atoms with van der Waals surface area (Å²) >= 11 is 0. The standard InChI is InChI=1S/C16H25N3O/c1-16(2)8-5-12(6-9-16)19(4)15(20)13-7-10-18-11-14(13)17-3/h7,10-12,17H,5-6,8-9H2,1-4H3. The van der Waals surface area contributed by atoms with Gasteiger partial charge in [0.1, 0.15) is 0 Å². The Labute approximate surface area is 121 Å². The third-order valence-corrected chi connectivity index (χ3v) is 4.50. The Morgan fingerprint density at radius 1 is 1.40 bits per heavy atom. The highest BCUT2D eigenvalue weighted by molar-refractivity contribution is 5.99. The van der Waals surface area contributed by atoms with Crippen molar-refractivity contribution in [3.63, 3.8) is 0 Å². The molecule has 0 radical (unpaired) electrons. The van der Waals surface area contributed by atoms with E-state index >= 15 is 0 Å². The number of rotatable bonds is 3. The molecule has 0 aliphatic heterocycles. The van der Waals surface area contributed by atoms with E-state index in [-0.39, 0.29) is 5.91 Å². The van der Waals surface area contributed by atoms with Gasteiger partial charge in [0.05, 0.1) is 17.4 Å². The van der Waals surface area contributed by atoms with Crippen LogP contribution in [-0.2, 0) is 0 Å². The fourth-order valence-electron chi connectivity index (χ4n) is 2.91. The molecular formula is C16H25N3O. The molecule has 4 heteroatoms. The van der Waals surface area contributed by atoms with Crippen LogP contribution in [0.3, 0.4) is 0 Å². The fraction of sp³-hybridized carbons (Fsp3) is 0.625. The first kappa shape index (κ1) is 14.8. The maximum absolute atomic E-state index is 12.6. The lowest BCUT2D eigenvalue weighted by atomic mass is 9.75. The first-order chi connectivity index (χ1) is 9.44. The van der Waals surface area contributed by atoms with Crippen molar-refractivity contribution in [2.24, 2.45) is 5.41 Å². The Balaban J connectivity index is 2.09. The number of carbonyl (C=O) groups excluding carboxylic acids is 1. The van der Waals surface area contributed by atoms with Crippen LogP contribution in [0.4, 0.5) is 5.69 Å². The summed E-state index contributed by atoms with van der Waals surface area (Å²) in [5, 5.41) is 3.04. The Bertz CT molecular complexity index is 474. The number of amides is 1. The lowest BCUT2D eigenvalue weighted by Crippen LogP contribution is -2.41. The SMILES string of the molecule is CNc1cnccc1C(=O)N(C)C1CCC(C)(C)CC1. The number of hydrogen-bond acceptors (Lipinski definition) is 3. The number of pyridine rings is 1. The Morgan fingerprint density at radius 2 is 2.05 bits per heavy atom. The van der Waals surface area contributed by atoms with Crippen LogP contribution in [0.2, 0.25) is 0 Å². The second-order valence-electron chi connectivity index (χ2n) is 6.48. The number of hydrogen-bond donors (Lipinski definition) is 1. The van der Waals surface area contributed by atoms with Gasteiger partial charge in [0.25, 0.3) is 5.91 Å². The van der Waals surface area contributed by atoms with Gasteiger partial charge in [0.2, 0.25) is 0 Å². The molecule has 1 aliphatic rings. The molecule has 0 atom stereocenters. The molecule has 1 amide bonds. The molecular weight excluding hydrogens is 250 g/mol. The number of anilines is 1. The highest BCUT2D eigenvalue weighted by Crippen LogP contribution is 2.37. The predicted octanol–water partition coefficient (Wildman–Crippen LogP) is 3.16. The third-order valence-electron chi connectivity index (χ3n) is 4.50. The van der Waals surface area contributed by atoms with Crippen molar-refractivity contribution in [3.05, 3.63) is 24.0 Å². The molecule has 0 aromatic carbocycles. The molecule has 1 aliphatic carbocycles. The Kier molecular flexibility index (Phi) is 4.31. The van der Waals surface area contributed by atoms with Gasteiger partial charge in [-0.1, -0.05) is 13.8 Å². The van der Waals surface area contributed by atoms with Crippen molar-refractivity contribution in [1.29, 1.82) is 0 Å². The Morgan fingerprint density at radius 3 is 2.65 bits per heavy atom. The number of carbonyl (C=O) groups is 1. The van der Waals surface area contributed by atoms with Gasteiger partial charge in [-0.25, -0.2) is 0 Å². The van der Waals surface area contributed by atoms with Gasteiger partial charge in [-0.2, -0.15) is 0 Å². The molecule has 0 unspecified atom stereocenters. The van der Waals surface area contributed by atoms with Crippen LogP contribution in [-0.4, -0.2) is 35.9 Å². The van der Waals surface area contributed by atoms with Gasteiger partial charge in [0.15, 0.2) is 0 Å². The van der Waals surface area contributed by atoms with Gasteiger partial charge >= 0.3 is 0 Å². The molecule has 1 saturated carbocycles. The minimum absolute atomic E-state index is 0.0847. The second-order valence-corrected chi connectivity index (χ2v) is 6.48. The zero-order valence-electron chi connectivity index (χ0n) is 12.9. The summed E-state index contributed by atoms with van der Waals surface area (Å²) in [6, 6.07) is 2.14. The van der Waals surface area contributed by atoms with E-state index in [1.807, 2.05) is 19.0 Å². The van der Waals surface area contributed by atoms with Gasteiger partial charge in [-0.05, 0) is 37.2 Å². The lowest BCUT2D eigenvalue weighted by Gasteiger charge is -2.38. The minimum atomic E-state index is 0.0847. The van der Waals surface area contributed by atoms with Crippen molar-refractivity contribution in [2.45, 2.75) is 45.6 Å². The van der Waals surface area contributed by atoms with E-state index in [9.17, 15) is 4.79 Å². The topological polar surface area (TPSA) is 45.2 Å². The van der Waals surface area contributed by atoms with Gasteiger partial charge in [0, 0.05) is 26.3 Å². The number of nitrogens with one attached hydrogen (secondary N) is 1. The Hall–Kier alpha value is -1.58. The van der Waals surface area contributed by atoms with Crippen LogP contribution in [0.1, 0.15) is 49.9 Å². The van der Waals surface area contributed by atoms with Crippen molar-refractivity contribution < 1.29 is 4.79 Å². The first-order valence-corrected chi connectivity index (χ1v) is 7.33. The number of aromatic nitrogens is 1. The normalized spacial score (nSPS) is 18.6. The maximum Gasteiger partial charge on any atom is 0.256 e. The van der Waals surface area contributed by atoms with Crippen LogP contribution in [0.5, 0.6) is 0 Å². The molecule has 2 rings (SSSR count). The minimum Gasteiger partial charge on any atom is -0.386 e. The second kappa shape index (κ2) is 5.81. The summed E-state index contributed by atoms with van der Waals surface area (Å²) < 4.78 is 0. The molecule has 110 valence electrons. The number of nitrogens with zero attached hydrogens (tertiary/aromatic N) is 2. The highest BCUT2D eigenvalue weighted by atomic mass is 16.2. The zero-order chi connectivity index (χ0) is 14.8. The molecule has 0 saturated heterocycles. The van der Waals surface area contributed by atoms with Crippen LogP contribution in [0.25, 0.3) is 0 Å². The van der Waals surface area contributed by atoms with Crippen LogP contribution < -0.4 is 5.32 Å². The molecule has 1 N–H and O–H groups in total. The maximum atomic E-state index is 12.6. The molecule has 20 heavy (non-hydrogen) atoms. The molecule has 4 nitrogen and oxygen atoms in total. The smallest absolute Gasteiger partial charge is 0.256 e. The van der Waals surface area contributed by atoms with E-state index in [0.717, 1.165) is 18.5 Å². The summed E-state index contributed by atoms with van der Waals surface area (Å²) in [5.74, 6) is 0.0847. The van der Waals surface area contributed by atoms with Crippen molar-refractivity contribution in [2.75, 3.05) is 19.4 Å². The average Bonchev–Trinajstić information content (AvgIpc) is 2.45. The van der Waals surface area contributed by atoms with E-state index in [2.05, 4.69) is 24.1 Å². The molecule has 1 aromatic rings. The molecule has 1 fully saturated rings. The van der Waals surface area contributed by atoms with Crippen molar-refractivity contribution in [3.8, 4) is 0 Å². The van der Waals surface area contributed by atoms with E-state index in [1.54, 1.807) is 18.5 Å². The summed E-state index contributed by atoms with van der Waals surface area (Å²) in [7, 11) is 3.74. The highest BCUT2D eigenvalue weighted by Gasteiger charge is 2.31. The van der Waals surface area contributed by atoms with Crippen molar-refractivity contribution >= 4 is 11.6 Å². The zero-order valence-corrected chi connectivity index (χ0v) is 12.9. The molecule has 1 aromatic heterocycles. The van der Waals surface area contributed by atoms with Crippen LogP contribution in [0.15, 0.2) is 18.5 Å².